The summed E-state index contributed by atoms with van der Waals surface area (Å²) in [5.74, 6) is 0.0821. The molecular formula is C8H11BrN4O4S. The summed E-state index contributed by atoms with van der Waals surface area (Å²) in [6, 6.07) is 0. The number of anilines is 1. The number of halogens is 1. The molecule has 0 bridgehead atoms. The normalized spacial score (nSPS) is 11.3. The van der Waals surface area contributed by atoms with Gasteiger partial charge in [-0.15, -0.1) is 0 Å². The van der Waals surface area contributed by atoms with Gasteiger partial charge in [0.05, 0.1) is 15.1 Å². The number of hydrogen-bond acceptors (Lipinski definition) is 6. The Morgan fingerprint density at radius 1 is 1.61 bits per heavy atom. The maximum Gasteiger partial charge on any atom is 0.291 e. The SMILES string of the molecule is Cc1c([N+](=O)[O-])cnc(NCCS(N)(=O)=O)c1Br. The van der Waals surface area contributed by atoms with Crippen molar-refractivity contribution in [3.05, 3.63) is 26.3 Å². The van der Waals surface area contributed by atoms with Crippen LogP contribution in [0.15, 0.2) is 10.7 Å². The van der Waals surface area contributed by atoms with Crippen molar-refractivity contribution in [1.29, 1.82) is 0 Å². The number of pyridine rings is 1. The monoisotopic (exact) mass is 338 g/mol. The zero-order valence-electron chi connectivity index (χ0n) is 9.38. The number of nitrogens with zero attached hydrogens (tertiary/aromatic N) is 2. The van der Waals surface area contributed by atoms with Crippen LogP contribution in [0.2, 0.25) is 0 Å². The molecule has 0 radical (unpaired) electrons. The van der Waals surface area contributed by atoms with Crippen molar-refractivity contribution in [2.24, 2.45) is 5.14 Å². The predicted molar refractivity (Wildman–Crippen MR) is 69.8 cm³/mol. The summed E-state index contributed by atoms with van der Waals surface area (Å²) in [6.45, 7) is 1.64. The molecule has 0 aliphatic heterocycles. The Morgan fingerprint density at radius 3 is 2.72 bits per heavy atom. The van der Waals surface area contributed by atoms with E-state index in [0.717, 1.165) is 6.20 Å². The number of nitro groups is 1. The zero-order chi connectivity index (χ0) is 13.9. The third kappa shape index (κ3) is 3.89. The average molecular weight is 339 g/mol. The standard InChI is InChI=1S/C8H11BrN4O4S/c1-5-6(13(14)15)4-12-8(7(5)9)11-2-3-18(10,16)17/h4H,2-3H2,1H3,(H,11,12)(H2,10,16,17). The Bertz CT molecular complexity index is 575. The highest BCUT2D eigenvalue weighted by molar-refractivity contribution is 9.10. The number of sulfonamides is 1. The molecule has 0 fully saturated rings. The minimum absolute atomic E-state index is 0.0711. The van der Waals surface area contributed by atoms with Crippen LogP contribution in [-0.2, 0) is 10.0 Å². The molecule has 18 heavy (non-hydrogen) atoms. The minimum atomic E-state index is -3.55. The number of primary sulfonamides is 1. The number of nitrogens with one attached hydrogen (secondary N) is 1. The fraction of sp³-hybridized carbons (Fsp3) is 0.375. The molecule has 1 heterocycles. The second-order valence-electron chi connectivity index (χ2n) is 3.48. The Balaban J connectivity index is 2.86. The molecule has 1 aromatic heterocycles. The van der Waals surface area contributed by atoms with Crippen molar-refractivity contribution < 1.29 is 13.3 Å². The van der Waals surface area contributed by atoms with E-state index in [1.807, 2.05) is 0 Å². The van der Waals surface area contributed by atoms with Crippen LogP contribution in [0.25, 0.3) is 0 Å². The molecule has 10 heteroatoms. The molecule has 0 amide bonds. The average Bonchev–Trinajstić information content (AvgIpc) is 2.22. The first-order valence-electron chi connectivity index (χ1n) is 4.76. The first-order chi connectivity index (χ1) is 8.22. The van der Waals surface area contributed by atoms with Crippen molar-refractivity contribution >= 4 is 37.5 Å². The molecule has 1 rings (SSSR count). The molecule has 0 unspecified atom stereocenters. The zero-order valence-corrected chi connectivity index (χ0v) is 11.8. The summed E-state index contributed by atoms with van der Waals surface area (Å²) in [6.07, 6.45) is 1.11. The lowest BCUT2D eigenvalue weighted by atomic mass is 10.2. The highest BCUT2D eigenvalue weighted by Crippen LogP contribution is 2.30. The summed E-state index contributed by atoms with van der Waals surface area (Å²) < 4.78 is 21.9. The van der Waals surface area contributed by atoms with Gasteiger partial charge in [0.15, 0.2) is 0 Å². The van der Waals surface area contributed by atoms with Crippen LogP contribution in [-0.4, -0.2) is 30.6 Å². The van der Waals surface area contributed by atoms with Gasteiger partial charge >= 0.3 is 0 Å². The van der Waals surface area contributed by atoms with E-state index < -0.39 is 14.9 Å². The van der Waals surface area contributed by atoms with Gasteiger partial charge in [-0.25, -0.2) is 18.5 Å². The van der Waals surface area contributed by atoms with Crippen LogP contribution in [0, 0.1) is 17.0 Å². The fourth-order valence-electron chi connectivity index (χ4n) is 1.19. The molecule has 3 N–H and O–H groups in total. The Kier molecular flexibility index (Phi) is 4.59. The van der Waals surface area contributed by atoms with Gasteiger partial charge in [0.1, 0.15) is 12.0 Å². The minimum Gasteiger partial charge on any atom is -0.368 e. The predicted octanol–water partition coefficient (Wildman–Crippen LogP) is 0.761. The van der Waals surface area contributed by atoms with Crippen molar-refractivity contribution in [1.82, 2.24) is 4.98 Å². The lowest BCUT2D eigenvalue weighted by Gasteiger charge is -2.08. The third-order valence-electron chi connectivity index (χ3n) is 2.11. The molecule has 100 valence electrons. The summed E-state index contributed by atoms with van der Waals surface area (Å²) in [4.78, 5) is 14.0. The van der Waals surface area contributed by atoms with E-state index >= 15 is 0 Å². The highest BCUT2D eigenvalue weighted by Gasteiger charge is 2.17. The summed E-state index contributed by atoms with van der Waals surface area (Å²) >= 11 is 3.17. The quantitative estimate of drug-likeness (QED) is 0.602. The van der Waals surface area contributed by atoms with Gasteiger partial charge in [-0.05, 0) is 22.9 Å². The molecule has 0 atom stereocenters. The summed E-state index contributed by atoms with van der Waals surface area (Å²) in [5.41, 5.74) is 0.298. The molecule has 8 nitrogen and oxygen atoms in total. The topological polar surface area (TPSA) is 128 Å². The maximum atomic E-state index is 10.7. The third-order valence-corrected chi connectivity index (χ3v) is 3.86. The van der Waals surface area contributed by atoms with E-state index in [9.17, 15) is 18.5 Å². The van der Waals surface area contributed by atoms with Crippen LogP contribution in [0.5, 0.6) is 0 Å². The second-order valence-corrected chi connectivity index (χ2v) is 6.01. The number of hydrogen-bond donors (Lipinski definition) is 2. The lowest BCUT2D eigenvalue weighted by Crippen LogP contribution is -2.22. The van der Waals surface area contributed by atoms with Gasteiger partial charge in [0, 0.05) is 12.1 Å². The molecule has 0 saturated carbocycles. The smallest absolute Gasteiger partial charge is 0.291 e. The van der Waals surface area contributed by atoms with Crippen LogP contribution in [0.4, 0.5) is 11.5 Å². The van der Waals surface area contributed by atoms with E-state index in [0.29, 0.717) is 15.9 Å². The second kappa shape index (κ2) is 5.59. The van der Waals surface area contributed by atoms with Gasteiger partial charge < -0.3 is 5.32 Å². The van der Waals surface area contributed by atoms with Crippen LogP contribution >= 0.6 is 15.9 Å². The molecule has 0 aromatic carbocycles. The van der Waals surface area contributed by atoms with Gasteiger partial charge in [-0.3, -0.25) is 10.1 Å². The van der Waals surface area contributed by atoms with Crippen molar-refractivity contribution in [3.8, 4) is 0 Å². The Hall–Kier alpha value is -1.26. The molecule has 1 aromatic rings. The first-order valence-corrected chi connectivity index (χ1v) is 7.27. The number of nitrogens with two attached hydrogens (primary N) is 1. The van der Waals surface area contributed by atoms with E-state index in [1.54, 1.807) is 6.92 Å². The summed E-state index contributed by atoms with van der Waals surface area (Å²) in [7, 11) is -3.55. The molecular weight excluding hydrogens is 328 g/mol. The Labute approximate surface area is 112 Å². The summed E-state index contributed by atoms with van der Waals surface area (Å²) in [5, 5.41) is 18.2. The van der Waals surface area contributed by atoms with E-state index in [4.69, 9.17) is 5.14 Å². The Morgan fingerprint density at radius 2 is 2.22 bits per heavy atom. The van der Waals surface area contributed by atoms with Crippen LogP contribution in [0.3, 0.4) is 0 Å². The molecule has 0 spiro atoms. The molecule has 0 saturated heterocycles. The van der Waals surface area contributed by atoms with Crippen molar-refractivity contribution in [3.63, 3.8) is 0 Å². The molecule has 0 aliphatic carbocycles. The van der Waals surface area contributed by atoms with Crippen LogP contribution < -0.4 is 10.5 Å². The van der Waals surface area contributed by atoms with Crippen LogP contribution in [0.1, 0.15) is 5.56 Å². The van der Waals surface area contributed by atoms with Gasteiger partial charge in [0.2, 0.25) is 10.0 Å². The fourth-order valence-corrected chi connectivity index (χ4v) is 2.02. The van der Waals surface area contributed by atoms with E-state index in [1.165, 1.54) is 0 Å². The maximum absolute atomic E-state index is 10.7. The lowest BCUT2D eigenvalue weighted by molar-refractivity contribution is -0.385. The van der Waals surface area contributed by atoms with Crippen molar-refractivity contribution in [2.45, 2.75) is 6.92 Å². The number of rotatable bonds is 5. The van der Waals surface area contributed by atoms with Crippen molar-refractivity contribution in [2.75, 3.05) is 17.6 Å². The van der Waals surface area contributed by atoms with E-state index in [-0.39, 0.29) is 18.0 Å². The van der Waals surface area contributed by atoms with E-state index in [2.05, 4.69) is 26.2 Å². The first kappa shape index (κ1) is 14.8. The molecule has 0 aliphatic rings. The van der Waals surface area contributed by atoms with Gasteiger partial charge in [0.25, 0.3) is 5.69 Å². The highest BCUT2D eigenvalue weighted by atomic mass is 79.9. The van der Waals surface area contributed by atoms with Gasteiger partial charge in [-0.1, -0.05) is 0 Å². The largest absolute Gasteiger partial charge is 0.368 e. The number of aromatic nitrogens is 1. The van der Waals surface area contributed by atoms with Gasteiger partial charge in [-0.2, -0.15) is 0 Å².